The van der Waals surface area contributed by atoms with E-state index in [9.17, 15) is 0 Å². The van der Waals surface area contributed by atoms with E-state index in [1.165, 1.54) is 11.1 Å². The standard InChI is InChI=1S/C11H15ClN2/c12-10-3-1-2-8-4-5-11(14,7-13)6-9(8)10/h1-3H,4-7,13-14H2. The molecule has 0 heterocycles. The van der Waals surface area contributed by atoms with E-state index in [0.717, 1.165) is 24.3 Å². The number of benzene rings is 1. The van der Waals surface area contributed by atoms with Crippen LogP contribution in [0.4, 0.5) is 0 Å². The van der Waals surface area contributed by atoms with Gasteiger partial charge in [-0.2, -0.15) is 0 Å². The Morgan fingerprint density at radius 1 is 1.43 bits per heavy atom. The van der Waals surface area contributed by atoms with E-state index >= 15 is 0 Å². The van der Waals surface area contributed by atoms with E-state index in [1.54, 1.807) is 0 Å². The molecule has 4 N–H and O–H groups in total. The molecule has 0 spiro atoms. The maximum Gasteiger partial charge on any atom is 0.0441 e. The Labute approximate surface area is 89.2 Å². The summed E-state index contributed by atoms with van der Waals surface area (Å²) in [5.41, 5.74) is 14.1. The maximum absolute atomic E-state index is 6.16. The number of fused-ring (bicyclic) bond motifs is 1. The van der Waals surface area contributed by atoms with Gasteiger partial charge < -0.3 is 11.5 Å². The highest BCUT2D eigenvalue weighted by Crippen LogP contribution is 2.31. The molecule has 76 valence electrons. The first kappa shape index (κ1) is 9.97. The summed E-state index contributed by atoms with van der Waals surface area (Å²) in [4.78, 5) is 0. The van der Waals surface area contributed by atoms with Crippen molar-refractivity contribution in [3.63, 3.8) is 0 Å². The van der Waals surface area contributed by atoms with Crippen LogP contribution in [-0.4, -0.2) is 12.1 Å². The highest BCUT2D eigenvalue weighted by atomic mass is 35.5. The van der Waals surface area contributed by atoms with Crippen LogP contribution in [0.3, 0.4) is 0 Å². The Hall–Kier alpha value is -0.570. The fourth-order valence-corrected chi connectivity index (χ4v) is 2.29. The number of hydrogen-bond acceptors (Lipinski definition) is 2. The molecule has 0 aliphatic heterocycles. The molecule has 0 amide bonds. The van der Waals surface area contributed by atoms with Gasteiger partial charge in [0.15, 0.2) is 0 Å². The van der Waals surface area contributed by atoms with Gasteiger partial charge in [-0.05, 0) is 36.5 Å². The zero-order chi connectivity index (χ0) is 10.2. The average molecular weight is 211 g/mol. The minimum absolute atomic E-state index is 0.252. The van der Waals surface area contributed by atoms with E-state index in [4.69, 9.17) is 23.1 Å². The van der Waals surface area contributed by atoms with Crippen LogP contribution in [-0.2, 0) is 12.8 Å². The van der Waals surface area contributed by atoms with Gasteiger partial charge in [-0.15, -0.1) is 0 Å². The second kappa shape index (κ2) is 3.54. The lowest BCUT2D eigenvalue weighted by Gasteiger charge is -2.34. The summed E-state index contributed by atoms with van der Waals surface area (Å²) >= 11 is 6.13. The van der Waals surface area contributed by atoms with Gasteiger partial charge in [-0.25, -0.2) is 0 Å². The third-order valence-corrected chi connectivity index (χ3v) is 3.40. The number of aryl methyl sites for hydroxylation is 1. The van der Waals surface area contributed by atoms with Crippen LogP contribution in [0.5, 0.6) is 0 Å². The van der Waals surface area contributed by atoms with Crippen LogP contribution in [0.1, 0.15) is 17.5 Å². The van der Waals surface area contributed by atoms with Gasteiger partial charge >= 0.3 is 0 Å². The quantitative estimate of drug-likeness (QED) is 0.738. The first-order valence-electron chi connectivity index (χ1n) is 4.90. The Morgan fingerprint density at radius 3 is 2.93 bits per heavy atom. The molecule has 3 heteroatoms. The first-order valence-corrected chi connectivity index (χ1v) is 5.28. The molecule has 0 saturated heterocycles. The minimum Gasteiger partial charge on any atom is -0.329 e. The average Bonchev–Trinajstić information content (AvgIpc) is 2.20. The summed E-state index contributed by atoms with van der Waals surface area (Å²) in [7, 11) is 0. The highest BCUT2D eigenvalue weighted by Gasteiger charge is 2.29. The first-order chi connectivity index (χ1) is 6.64. The van der Waals surface area contributed by atoms with Crippen LogP contribution < -0.4 is 11.5 Å². The predicted octanol–water partition coefficient (Wildman–Crippen LogP) is 1.48. The van der Waals surface area contributed by atoms with Crippen LogP contribution in [0.25, 0.3) is 0 Å². The largest absolute Gasteiger partial charge is 0.329 e. The van der Waals surface area contributed by atoms with Gasteiger partial charge in [0.2, 0.25) is 0 Å². The van der Waals surface area contributed by atoms with Crippen LogP contribution in [0, 0.1) is 0 Å². The van der Waals surface area contributed by atoms with Gasteiger partial charge in [0.25, 0.3) is 0 Å². The number of nitrogens with two attached hydrogens (primary N) is 2. The molecule has 0 saturated carbocycles. The zero-order valence-electron chi connectivity index (χ0n) is 8.09. The lowest BCUT2D eigenvalue weighted by atomic mass is 9.79. The Bertz CT molecular complexity index is 351. The van der Waals surface area contributed by atoms with Crippen molar-refractivity contribution in [1.29, 1.82) is 0 Å². The predicted molar refractivity (Wildman–Crippen MR) is 59.4 cm³/mol. The fraction of sp³-hybridized carbons (Fsp3) is 0.455. The Morgan fingerprint density at radius 2 is 2.21 bits per heavy atom. The molecule has 0 aromatic heterocycles. The summed E-state index contributed by atoms with van der Waals surface area (Å²) < 4.78 is 0. The number of halogens is 1. The van der Waals surface area contributed by atoms with E-state index in [0.29, 0.717) is 6.54 Å². The Kier molecular flexibility index (Phi) is 2.52. The molecule has 1 aliphatic carbocycles. The fourth-order valence-electron chi connectivity index (χ4n) is 2.03. The molecule has 14 heavy (non-hydrogen) atoms. The lowest BCUT2D eigenvalue weighted by molar-refractivity contribution is 0.382. The second-order valence-electron chi connectivity index (χ2n) is 4.12. The molecular weight excluding hydrogens is 196 g/mol. The van der Waals surface area contributed by atoms with Crippen LogP contribution in [0.2, 0.25) is 5.02 Å². The second-order valence-corrected chi connectivity index (χ2v) is 4.53. The Balaban J connectivity index is 2.38. The third kappa shape index (κ3) is 1.65. The normalized spacial score (nSPS) is 25.9. The lowest BCUT2D eigenvalue weighted by Crippen LogP contribution is -2.51. The maximum atomic E-state index is 6.16. The summed E-state index contributed by atoms with van der Waals surface area (Å²) in [5, 5.41) is 0.825. The van der Waals surface area contributed by atoms with Crippen molar-refractivity contribution in [2.45, 2.75) is 24.8 Å². The number of rotatable bonds is 1. The molecule has 2 nitrogen and oxygen atoms in total. The number of hydrogen-bond donors (Lipinski definition) is 2. The molecule has 2 rings (SSSR count). The van der Waals surface area contributed by atoms with E-state index < -0.39 is 0 Å². The molecular formula is C11H15ClN2. The molecule has 0 bridgehead atoms. The van der Waals surface area contributed by atoms with E-state index in [-0.39, 0.29) is 5.54 Å². The van der Waals surface area contributed by atoms with Crippen LogP contribution in [0.15, 0.2) is 18.2 Å². The summed E-state index contributed by atoms with van der Waals surface area (Å²) in [6.45, 7) is 0.525. The summed E-state index contributed by atoms with van der Waals surface area (Å²) in [6.07, 6.45) is 2.75. The minimum atomic E-state index is -0.252. The molecule has 1 unspecified atom stereocenters. The van der Waals surface area contributed by atoms with E-state index in [2.05, 4.69) is 6.07 Å². The van der Waals surface area contributed by atoms with E-state index in [1.807, 2.05) is 12.1 Å². The van der Waals surface area contributed by atoms with Gasteiger partial charge in [-0.1, -0.05) is 23.7 Å². The SMILES string of the molecule is NCC1(N)CCc2cccc(Cl)c2C1. The van der Waals surface area contributed by atoms with Gasteiger partial charge in [0.05, 0.1) is 0 Å². The van der Waals surface area contributed by atoms with Gasteiger partial charge in [0.1, 0.15) is 0 Å². The van der Waals surface area contributed by atoms with Gasteiger partial charge in [0, 0.05) is 17.1 Å². The molecule has 0 radical (unpaired) electrons. The summed E-state index contributed by atoms with van der Waals surface area (Å²) in [5.74, 6) is 0. The van der Waals surface area contributed by atoms with Crippen LogP contribution >= 0.6 is 11.6 Å². The zero-order valence-corrected chi connectivity index (χ0v) is 8.85. The monoisotopic (exact) mass is 210 g/mol. The molecule has 1 aromatic rings. The van der Waals surface area contributed by atoms with Crippen molar-refractivity contribution >= 4 is 11.6 Å². The van der Waals surface area contributed by atoms with Gasteiger partial charge in [-0.3, -0.25) is 0 Å². The van der Waals surface area contributed by atoms with Crippen molar-refractivity contribution in [1.82, 2.24) is 0 Å². The van der Waals surface area contributed by atoms with Crippen molar-refractivity contribution in [2.75, 3.05) is 6.54 Å². The molecule has 1 aliphatic rings. The van der Waals surface area contributed by atoms with Crippen molar-refractivity contribution in [3.8, 4) is 0 Å². The molecule has 0 fully saturated rings. The summed E-state index contributed by atoms with van der Waals surface area (Å²) in [6, 6.07) is 6.03. The third-order valence-electron chi connectivity index (χ3n) is 3.04. The molecule has 1 atom stereocenters. The molecule has 1 aromatic carbocycles. The van der Waals surface area contributed by atoms with Crippen molar-refractivity contribution in [2.24, 2.45) is 11.5 Å². The van der Waals surface area contributed by atoms with Crippen molar-refractivity contribution in [3.05, 3.63) is 34.3 Å². The highest BCUT2D eigenvalue weighted by molar-refractivity contribution is 6.31. The van der Waals surface area contributed by atoms with Crippen molar-refractivity contribution < 1.29 is 0 Å². The smallest absolute Gasteiger partial charge is 0.0441 e. The topological polar surface area (TPSA) is 52.0 Å².